The fourth-order valence-electron chi connectivity index (χ4n) is 4.02. The van der Waals surface area contributed by atoms with Gasteiger partial charge < -0.3 is 4.90 Å². The zero-order valence-electron chi connectivity index (χ0n) is 19.7. The highest BCUT2D eigenvalue weighted by Crippen LogP contribution is 2.19. The molecule has 0 bridgehead atoms. The van der Waals surface area contributed by atoms with Gasteiger partial charge in [0.1, 0.15) is 18.3 Å². The van der Waals surface area contributed by atoms with Crippen molar-refractivity contribution in [2.24, 2.45) is 0 Å². The Balaban J connectivity index is 1.65. The van der Waals surface area contributed by atoms with Gasteiger partial charge in [-0.05, 0) is 63.4 Å². The van der Waals surface area contributed by atoms with Gasteiger partial charge in [-0.1, -0.05) is 36.4 Å². The summed E-state index contributed by atoms with van der Waals surface area (Å²) in [5, 5.41) is 4.79. The van der Waals surface area contributed by atoms with Crippen LogP contribution in [0.1, 0.15) is 37.5 Å². The van der Waals surface area contributed by atoms with E-state index in [1.807, 2.05) is 77.1 Å². The molecule has 0 aliphatic heterocycles. The first kappa shape index (κ1) is 22.5. The van der Waals surface area contributed by atoms with E-state index in [0.29, 0.717) is 17.6 Å². The first-order valence-corrected chi connectivity index (χ1v) is 11.0. The van der Waals surface area contributed by atoms with Crippen LogP contribution in [0.25, 0.3) is 16.7 Å². The van der Waals surface area contributed by atoms with Gasteiger partial charge in [0.2, 0.25) is 5.91 Å². The molecule has 2 aromatic heterocycles. The van der Waals surface area contributed by atoms with E-state index in [2.05, 4.69) is 16.1 Å². The van der Waals surface area contributed by atoms with E-state index in [4.69, 9.17) is 0 Å². The quantitative estimate of drug-likeness (QED) is 0.467. The molecule has 0 atom stereocenters. The molecule has 33 heavy (non-hydrogen) atoms. The highest BCUT2D eigenvalue weighted by molar-refractivity contribution is 5.78. The van der Waals surface area contributed by atoms with Crippen LogP contribution in [-0.4, -0.2) is 35.7 Å². The van der Waals surface area contributed by atoms with Gasteiger partial charge in [-0.25, -0.2) is 9.67 Å². The number of carbonyl (C=O) groups is 1. The highest BCUT2D eigenvalue weighted by Gasteiger charge is 2.27. The summed E-state index contributed by atoms with van der Waals surface area (Å²) in [5.41, 5.74) is 3.90. The molecular weight excluding hydrogens is 414 g/mol. The van der Waals surface area contributed by atoms with E-state index in [9.17, 15) is 9.59 Å². The molecule has 7 heteroatoms. The molecule has 0 aliphatic rings. The van der Waals surface area contributed by atoms with Crippen molar-refractivity contribution in [2.45, 2.75) is 53.2 Å². The smallest absolute Gasteiger partial charge is 0.264 e. The molecule has 0 spiro atoms. The summed E-state index contributed by atoms with van der Waals surface area (Å²) >= 11 is 0. The number of nitrogens with zero attached hydrogens (tertiary/aromatic N) is 5. The predicted octanol–water partition coefficient (Wildman–Crippen LogP) is 4.03. The molecular formula is C26H29N5O2. The van der Waals surface area contributed by atoms with Crippen LogP contribution in [0.3, 0.4) is 0 Å². The molecule has 0 radical (unpaired) electrons. The number of amides is 1. The Kier molecular flexibility index (Phi) is 5.89. The largest absolute Gasteiger partial charge is 0.332 e. The van der Waals surface area contributed by atoms with Gasteiger partial charge in [-0.3, -0.25) is 14.2 Å². The SMILES string of the molecule is Cc1cc(C)cc(-n2ncc3c(=O)n(CC(=O)N(Cc4ccccc4)C(C)(C)C)cnc32)c1. The first-order chi connectivity index (χ1) is 15.6. The van der Waals surface area contributed by atoms with Crippen LogP contribution >= 0.6 is 0 Å². The third kappa shape index (κ3) is 4.72. The standard InChI is InChI=1S/C26H29N5O2/c1-18-11-19(2)13-21(12-18)31-24-22(14-28-31)25(33)29(17-27-24)16-23(32)30(26(3,4)5)15-20-9-7-6-8-10-20/h6-14,17H,15-16H2,1-5H3. The van der Waals surface area contributed by atoms with Gasteiger partial charge >= 0.3 is 0 Å². The van der Waals surface area contributed by atoms with Gasteiger partial charge in [0.05, 0.1) is 11.9 Å². The van der Waals surface area contributed by atoms with Crippen molar-refractivity contribution in [3.05, 3.63) is 88.1 Å². The van der Waals surface area contributed by atoms with E-state index < -0.39 is 5.54 Å². The lowest BCUT2D eigenvalue weighted by Crippen LogP contribution is -2.47. The van der Waals surface area contributed by atoms with Crippen LogP contribution in [0.5, 0.6) is 0 Å². The van der Waals surface area contributed by atoms with Crippen molar-refractivity contribution >= 4 is 16.9 Å². The van der Waals surface area contributed by atoms with E-state index in [0.717, 1.165) is 22.4 Å². The molecule has 2 aromatic carbocycles. The minimum absolute atomic E-state index is 0.0827. The predicted molar refractivity (Wildman–Crippen MR) is 129 cm³/mol. The zero-order chi connectivity index (χ0) is 23.8. The maximum absolute atomic E-state index is 13.3. The average Bonchev–Trinajstić information content (AvgIpc) is 3.18. The van der Waals surface area contributed by atoms with Crippen molar-refractivity contribution in [1.82, 2.24) is 24.2 Å². The molecule has 7 nitrogen and oxygen atoms in total. The first-order valence-electron chi connectivity index (χ1n) is 11.0. The van der Waals surface area contributed by atoms with Crippen LogP contribution in [0.15, 0.2) is 65.8 Å². The molecule has 0 N–H and O–H groups in total. The summed E-state index contributed by atoms with van der Waals surface area (Å²) in [6, 6.07) is 15.9. The Bertz CT molecular complexity index is 1340. The number of aryl methyl sites for hydroxylation is 2. The Labute approximate surface area is 193 Å². The van der Waals surface area contributed by atoms with Crippen LogP contribution in [0.2, 0.25) is 0 Å². The summed E-state index contributed by atoms with van der Waals surface area (Å²) in [7, 11) is 0. The topological polar surface area (TPSA) is 73.0 Å². The van der Waals surface area contributed by atoms with Gasteiger partial charge in [0, 0.05) is 12.1 Å². The van der Waals surface area contributed by atoms with Crippen molar-refractivity contribution in [3.8, 4) is 5.69 Å². The number of hydrogen-bond acceptors (Lipinski definition) is 4. The summed E-state index contributed by atoms with van der Waals surface area (Å²) in [6.45, 7) is 10.4. The fraction of sp³-hybridized carbons (Fsp3) is 0.308. The molecule has 0 fully saturated rings. The van der Waals surface area contributed by atoms with E-state index in [1.165, 1.54) is 17.1 Å². The Hall–Kier alpha value is -3.74. The molecule has 0 saturated carbocycles. The minimum atomic E-state index is -0.401. The molecule has 1 amide bonds. The molecule has 4 aromatic rings. The van der Waals surface area contributed by atoms with Crippen molar-refractivity contribution in [2.75, 3.05) is 0 Å². The number of benzene rings is 2. The zero-order valence-corrected chi connectivity index (χ0v) is 19.7. The average molecular weight is 444 g/mol. The molecule has 170 valence electrons. The minimum Gasteiger partial charge on any atom is -0.332 e. The Morgan fingerprint density at radius 3 is 2.33 bits per heavy atom. The molecule has 2 heterocycles. The van der Waals surface area contributed by atoms with Crippen molar-refractivity contribution in [1.29, 1.82) is 0 Å². The maximum Gasteiger partial charge on any atom is 0.264 e. The second kappa shape index (κ2) is 8.65. The molecule has 4 rings (SSSR count). The summed E-state index contributed by atoms with van der Waals surface area (Å²) in [4.78, 5) is 32.7. The summed E-state index contributed by atoms with van der Waals surface area (Å²) < 4.78 is 3.03. The number of fused-ring (bicyclic) bond motifs is 1. The van der Waals surface area contributed by atoms with E-state index in [-0.39, 0.29) is 18.0 Å². The lowest BCUT2D eigenvalue weighted by molar-refractivity contribution is -0.137. The normalized spacial score (nSPS) is 11.7. The number of hydrogen-bond donors (Lipinski definition) is 0. The van der Waals surface area contributed by atoms with Gasteiger partial charge in [0.25, 0.3) is 5.56 Å². The fourth-order valence-corrected chi connectivity index (χ4v) is 4.02. The third-order valence-electron chi connectivity index (χ3n) is 5.61. The Morgan fingerprint density at radius 1 is 1.03 bits per heavy atom. The van der Waals surface area contributed by atoms with Gasteiger partial charge in [0.15, 0.2) is 5.65 Å². The third-order valence-corrected chi connectivity index (χ3v) is 5.61. The van der Waals surface area contributed by atoms with Crippen LogP contribution in [0, 0.1) is 13.8 Å². The molecule has 0 unspecified atom stereocenters. The van der Waals surface area contributed by atoms with Crippen molar-refractivity contribution in [3.63, 3.8) is 0 Å². The van der Waals surface area contributed by atoms with Gasteiger partial charge in [-0.2, -0.15) is 5.10 Å². The highest BCUT2D eigenvalue weighted by atomic mass is 16.2. The monoisotopic (exact) mass is 443 g/mol. The van der Waals surface area contributed by atoms with Crippen molar-refractivity contribution < 1.29 is 4.79 Å². The lowest BCUT2D eigenvalue weighted by Gasteiger charge is -2.36. The van der Waals surface area contributed by atoms with Gasteiger partial charge in [-0.15, -0.1) is 0 Å². The maximum atomic E-state index is 13.3. The summed E-state index contributed by atoms with van der Waals surface area (Å²) in [5.74, 6) is -0.142. The second-order valence-corrected chi connectivity index (χ2v) is 9.45. The summed E-state index contributed by atoms with van der Waals surface area (Å²) in [6.07, 6.45) is 2.96. The Morgan fingerprint density at radius 2 is 1.70 bits per heavy atom. The van der Waals surface area contributed by atoms with E-state index in [1.54, 1.807) is 9.58 Å². The molecule has 0 aliphatic carbocycles. The van der Waals surface area contributed by atoms with Crippen LogP contribution in [0.4, 0.5) is 0 Å². The van der Waals surface area contributed by atoms with E-state index >= 15 is 0 Å². The number of aromatic nitrogens is 4. The molecule has 0 saturated heterocycles. The second-order valence-electron chi connectivity index (χ2n) is 9.45. The number of carbonyl (C=O) groups excluding carboxylic acids is 1. The lowest BCUT2D eigenvalue weighted by atomic mass is 10.0. The number of rotatable bonds is 5. The van der Waals surface area contributed by atoms with Crippen LogP contribution in [-0.2, 0) is 17.9 Å². The van der Waals surface area contributed by atoms with Crippen LogP contribution < -0.4 is 5.56 Å².